The Kier molecular flexibility index (Phi) is 5.86. The van der Waals surface area contributed by atoms with Crippen molar-refractivity contribution in [3.63, 3.8) is 0 Å². The molecule has 3 nitrogen and oxygen atoms in total. The van der Waals surface area contributed by atoms with Crippen molar-refractivity contribution in [2.75, 3.05) is 20.1 Å². The van der Waals surface area contributed by atoms with Gasteiger partial charge in [-0.05, 0) is 56.6 Å². The summed E-state index contributed by atoms with van der Waals surface area (Å²) in [7, 11) is 2.11. The summed E-state index contributed by atoms with van der Waals surface area (Å²) in [6.07, 6.45) is 3.32. The molecule has 1 N–H and O–H groups in total. The van der Waals surface area contributed by atoms with E-state index >= 15 is 0 Å². The number of hydrogen-bond donors (Lipinski definition) is 1. The van der Waals surface area contributed by atoms with Crippen LogP contribution in [0.4, 0.5) is 0 Å². The van der Waals surface area contributed by atoms with Gasteiger partial charge in [-0.15, -0.1) is 0 Å². The van der Waals surface area contributed by atoms with Gasteiger partial charge in [0.2, 0.25) is 0 Å². The second-order valence-corrected chi connectivity index (χ2v) is 4.92. The van der Waals surface area contributed by atoms with Crippen molar-refractivity contribution >= 4 is 5.97 Å². The fourth-order valence-electron chi connectivity index (χ4n) is 1.99. The molecule has 0 amide bonds. The van der Waals surface area contributed by atoms with Crippen LogP contribution in [-0.4, -0.2) is 36.1 Å². The Morgan fingerprint density at radius 1 is 1.28 bits per heavy atom. The first-order valence-electron chi connectivity index (χ1n) is 6.55. The van der Waals surface area contributed by atoms with E-state index in [4.69, 9.17) is 5.11 Å². The molecule has 1 rings (SSSR count). The molecule has 0 spiro atoms. The molecule has 0 aliphatic carbocycles. The van der Waals surface area contributed by atoms with E-state index in [9.17, 15) is 4.79 Å². The van der Waals surface area contributed by atoms with Gasteiger partial charge in [-0.1, -0.05) is 19.4 Å². The average molecular weight is 249 g/mol. The van der Waals surface area contributed by atoms with E-state index in [0.29, 0.717) is 5.56 Å². The number of carbonyl (C=O) groups is 1. The largest absolute Gasteiger partial charge is 0.478 e. The highest BCUT2D eigenvalue weighted by molar-refractivity contribution is 5.88. The van der Waals surface area contributed by atoms with Gasteiger partial charge in [-0.2, -0.15) is 0 Å². The van der Waals surface area contributed by atoms with Crippen LogP contribution < -0.4 is 0 Å². The van der Waals surface area contributed by atoms with Crippen molar-refractivity contribution < 1.29 is 9.90 Å². The van der Waals surface area contributed by atoms with Crippen LogP contribution >= 0.6 is 0 Å². The lowest BCUT2D eigenvalue weighted by Gasteiger charge is -2.16. The van der Waals surface area contributed by atoms with Crippen molar-refractivity contribution in [1.29, 1.82) is 0 Å². The second kappa shape index (κ2) is 7.17. The van der Waals surface area contributed by atoms with Gasteiger partial charge in [0.25, 0.3) is 0 Å². The van der Waals surface area contributed by atoms with Crippen LogP contribution in [0.2, 0.25) is 0 Å². The van der Waals surface area contributed by atoms with Crippen LogP contribution in [0, 0.1) is 6.92 Å². The van der Waals surface area contributed by atoms with E-state index in [1.807, 2.05) is 6.92 Å². The molecule has 3 heteroatoms. The third-order valence-corrected chi connectivity index (χ3v) is 3.06. The molecule has 0 saturated carbocycles. The maximum atomic E-state index is 11.0. The molecule has 0 aromatic heterocycles. The van der Waals surface area contributed by atoms with Crippen LogP contribution in [0.5, 0.6) is 0 Å². The highest BCUT2D eigenvalue weighted by Gasteiger charge is 2.06. The highest BCUT2D eigenvalue weighted by Crippen LogP contribution is 2.11. The van der Waals surface area contributed by atoms with Gasteiger partial charge < -0.3 is 10.0 Å². The minimum Gasteiger partial charge on any atom is -0.478 e. The van der Waals surface area contributed by atoms with Gasteiger partial charge >= 0.3 is 5.97 Å². The lowest BCUT2D eigenvalue weighted by Crippen LogP contribution is -2.22. The molecule has 0 atom stereocenters. The van der Waals surface area contributed by atoms with E-state index in [0.717, 1.165) is 30.6 Å². The topological polar surface area (TPSA) is 40.5 Å². The van der Waals surface area contributed by atoms with Crippen molar-refractivity contribution in [2.24, 2.45) is 0 Å². The lowest BCUT2D eigenvalue weighted by molar-refractivity contribution is 0.0696. The molecule has 0 saturated heterocycles. The van der Waals surface area contributed by atoms with Crippen LogP contribution in [0.1, 0.15) is 41.3 Å². The summed E-state index contributed by atoms with van der Waals surface area (Å²) in [5, 5.41) is 9.02. The number of benzene rings is 1. The summed E-state index contributed by atoms with van der Waals surface area (Å²) >= 11 is 0. The molecule has 1 aromatic rings. The summed E-state index contributed by atoms with van der Waals surface area (Å²) in [5.74, 6) is -0.848. The summed E-state index contributed by atoms with van der Waals surface area (Å²) in [5.41, 5.74) is 2.51. The quantitative estimate of drug-likeness (QED) is 0.807. The highest BCUT2D eigenvalue weighted by atomic mass is 16.4. The van der Waals surface area contributed by atoms with Gasteiger partial charge in [0.1, 0.15) is 0 Å². The number of rotatable bonds is 7. The Bertz CT molecular complexity index is 401. The average Bonchev–Trinajstić information content (AvgIpc) is 2.33. The van der Waals surface area contributed by atoms with Gasteiger partial charge in [-0.25, -0.2) is 4.79 Å². The van der Waals surface area contributed by atoms with Crippen molar-refractivity contribution in [3.8, 4) is 0 Å². The van der Waals surface area contributed by atoms with Crippen molar-refractivity contribution in [2.45, 2.75) is 33.1 Å². The number of likely N-dealkylation sites (N-methyl/N-ethyl adjacent to an activating group) is 1. The van der Waals surface area contributed by atoms with Gasteiger partial charge in [0.05, 0.1) is 5.56 Å². The minimum absolute atomic E-state index is 0.390. The SMILES string of the molecule is CCCCN(C)CCc1cc(C)cc(C(=O)O)c1. The third kappa shape index (κ3) is 4.88. The Balaban J connectivity index is 2.59. The molecule has 0 bridgehead atoms. The van der Waals surface area contributed by atoms with Crippen molar-refractivity contribution in [3.05, 3.63) is 34.9 Å². The Hall–Kier alpha value is -1.35. The zero-order valence-corrected chi connectivity index (χ0v) is 11.6. The smallest absolute Gasteiger partial charge is 0.335 e. The molecule has 0 aliphatic rings. The number of unbranched alkanes of at least 4 members (excludes halogenated alkanes) is 1. The minimum atomic E-state index is -0.848. The van der Waals surface area contributed by atoms with Gasteiger partial charge in [0, 0.05) is 6.54 Å². The molecular weight excluding hydrogens is 226 g/mol. The number of carboxylic acid groups (broad SMARTS) is 1. The van der Waals surface area contributed by atoms with Crippen LogP contribution in [-0.2, 0) is 6.42 Å². The molecule has 0 heterocycles. The maximum Gasteiger partial charge on any atom is 0.335 e. The normalized spacial score (nSPS) is 10.9. The van der Waals surface area contributed by atoms with E-state index in [-0.39, 0.29) is 0 Å². The lowest BCUT2D eigenvalue weighted by atomic mass is 10.0. The van der Waals surface area contributed by atoms with E-state index in [1.54, 1.807) is 12.1 Å². The predicted molar refractivity (Wildman–Crippen MR) is 74.2 cm³/mol. The van der Waals surface area contributed by atoms with Crippen LogP contribution in [0.25, 0.3) is 0 Å². The molecule has 18 heavy (non-hydrogen) atoms. The number of nitrogens with zero attached hydrogens (tertiary/aromatic N) is 1. The molecule has 100 valence electrons. The van der Waals surface area contributed by atoms with Gasteiger partial charge in [-0.3, -0.25) is 0 Å². The number of carboxylic acids is 1. The predicted octanol–water partition coefficient (Wildman–Crippen LogP) is 2.97. The summed E-state index contributed by atoms with van der Waals surface area (Å²) in [6, 6.07) is 5.57. The van der Waals surface area contributed by atoms with E-state index < -0.39 is 5.97 Å². The Morgan fingerprint density at radius 3 is 2.61 bits per heavy atom. The molecule has 0 radical (unpaired) electrons. The zero-order chi connectivity index (χ0) is 13.5. The first-order chi connectivity index (χ1) is 8.52. The molecule has 0 unspecified atom stereocenters. The van der Waals surface area contributed by atoms with Gasteiger partial charge in [0.15, 0.2) is 0 Å². The maximum absolute atomic E-state index is 11.0. The number of hydrogen-bond acceptors (Lipinski definition) is 2. The van der Waals surface area contributed by atoms with Crippen molar-refractivity contribution in [1.82, 2.24) is 4.90 Å². The zero-order valence-electron chi connectivity index (χ0n) is 11.6. The Labute approximate surface area is 109 Å². The first-order valence-corrected chi connectivity index (χ1v) is 6.55. The number of aromatic carboxylic acids is 1. The number of aryl methyl sites for hydroxylation is 1. The van der Waals surface area contributed by atoms with Crippen LogP contribution in [0.15, 0.2) is 18.2 Å². The third-order valence-electron chi connectivity index (χ3n) is 3.06. The summed E-state index contributed by atoms with van der Waals surface area (Å²) in [6.45, 7) is 6.21. The fourth-order valence-corrected chi connectivity index (χ4v) is 1.99. The first kappa shape index (κ1) is 14.7. The summed E-state index contributed by atoms with van der Waals surface area (Å²) in [4.78, 5) is 13.3. The Morgan fingerprint density at radius 2 is 2.00 bits per heavy atom. The van der Waals surface area contributed by atoms with E-state index in [2.05, 4.69) is 24.9 Å². The monoisotopic (exact) mass is 249 g/mol. The fraction of sp³-hybridized carbons (Fsp3) is 0.533. The van der Waals surface area contributed by atoms with Crippen LogP contribution in [0.3, 0.4) is 0 Å². The molecular formula is C15H23NO2. The standard InChI is InChI=1S/C15H23NO2/c1-4-5-7-16(3)8-6-13-9-12(2)10-14(11-13)15(17)18/h9-11H,4-8H2,1-3H3,(H,17,18). The summed E-state index contributed by atoms with van der Waals surface area (Å²) < 4.78 is 0. The molecule has 0 fully saturated rings. The van der Waals surface area contributed by atoms with E-state index in [1.165, 1.54) is 12.8 Å². The molecule has 0 aliphatic heterocycles. The second-order valence-electron chi connectivity index (χ2n) is 4.92. The molecule has 1 aromatic carbocycles.